The lowest BCUT2D eigenvalue weighted by molar-refractivity contribution is 0.0951. The minimum atomic E-state index is -0.139. The second-order valence-corrected chi connectivity index (χ2v) is 6.42. The van der Waals surface area contributed by atoms with Gasteiger partial charge in [-0.05, 0) is 36.8 Å². The van der Waals surface area contributed by atoms with Crippen molar-refractivity contribution in [3.63, 3.8) is 0 Å². The van der Waals surface area contributed by atoms with Crippen LogP contribution in [0.1, 0.15) is 22.8 Å². The van der Waals surface area contributed by atoms with Gasteiger partial charge < -0.3 is 15.0 Å². The molecule has 3 aromatic rings. The molecule has 8 nitrogen and oxygen atoms in total. The Bertz CT molecular complexity index is 931. The lowest BCUT2D eigenvalue weighted by Gasteiger charge is -2.27. The van der Waals surface area contributed by atoms with Gasteiger partial charge in [0.2, 0.25) is 0 Å². The van der Waals surface area contributed by atoms with Crippen molar-refractivity contribution in [1.29, 1.82) is 0 Å². The number of rotatable bonds is 5. The smallest absolute Gasteiger partial charge is 0.251 e. The Morgan fingerprint density at radius 1 is 1.22 bits per heavy atom. The maximum absolute atomic E-state index is 12.4. The molecule has 0 spiro atoms. The summed E-state index contributed by atoms with van der Waals surface area (Å²) in [5, 5.41) is 11.1. The first-order valence-electron chi connectivity index (χ1n) is 9.13. The van der Waals surface area contributed by atoms with Crippen molar-refractivity contribution in [2.24, 2.45) is 0 Å². The van der Waals surface area contributed by atoms with Gasteiger partial charge in [0.1, 0.15) is 11.3 Å². The topological polar surface area (TPSA) is 85.2 Å². The van der Waals surface area contributed by atoms with Crippen LogP contribution in [0.5, 0.6) is 0 Å². The van der Waals surface area contributed by atoms with E-state index < -0.39 is 0 Å². The zero-order valence-electron chi connectivity index (χ0n) is 15.3. The number of morpholine rings is 1. The Balaban J connectivity index is 1.38. The molecule has 0 saturated carbocycles. The van der Waals surface area contributed by atoms with Crippen LogP contribution in [0.2, 0.25) is 0 Å². The molecule has 0 atom stereocenters. The molecule has 0 radical (unpaired) electrons. The molecule has 3 heterocycles. The number of carbonyl (C=O) groups is 1. The summed E-state index contributed by atoms with van der Waals surface area (Å²) in [6, 6.07) is 9.43. The van der Waals surface area contributed by atoms with Crippen LogP contribution < -0.4 is 10.2 Å². The van der Waals surface area contributed by atoms with Crippen LogP contribution in [0.4, 0.5) is 5.82 Å². The molecule has 27 heavy (non-hydrogen) atoms. The molecule has 1 aromatic carbocycles. The number of amides is 1. The molecule has 0 aliphatic carbocycles. The second kappa shape index (κ2) is 7.71. The van der Waals surface area contributed by atoms with Gasteiger partial charge in [0.15, 0.2) is 0 Å². The number of pyridine rings is 1. The maximum Gasteiger partial charge on any atom is 0.251 e. The molecular weight excluding hydrogens is 344 g/mol. The van der Waals surface area contributed by atoms with Crippen LogP contribution in [0, 0.1) is 0 Å². The molecular formula is C19H22N6O2. The van der Waals surface area contributed by atoms with Crippen molar-refractivity contribution in [1.82, 2.24) is 25.3 Å². The van der Waals surface area contributed by atoms with E-state index in [1.807, 2.05) is 25.1 Å². The molecule has 0 bridgehead atoms. The van der Waals surface area contributed by atoms with E-state index in [1.54, 1.807) is 23.0 Å². The lowest BCUT2D eigenvalue weighted by Crippen LogP contribution is -2.36. The third-order valence-corrected chi connectivity index (χ3v) is 4.67. The minimum absolute atomic E-state index is 0.139. The number of nitrogens with one attached hydrogen (secondary N) is 1. The number of carbonyl (C=O) groups excluding carboxylic acids is 1. The van der Waals surface area contributed by atoms with Gasteiger partial charge in [0, 0.05) is 37.9 Å². The lowest BCUT2D eigenvalue weighted by atomic mass is 10.2. The third kappa shape index (κ3) is 3.75. The Kier molecular flexibility index (Phi) is 4.97. The fourth-order valence-electron chi connectivity index (χ4n) is 3.13. The van der Waals surface area contributed by atoms with E-state index in [0.717, 1.165) is 55.3 Å². The van der Waals surface area contributed by atoms with Crippen LogP contribution in [0.15, 0.2) is 36.5 Å². The summed E-state index contributed by atoms with van der Waals surface area (Å²) in [4.78, 5) is 19.1. The molecule has 1 fully saturated rings. The fourth-order valence-corrected chi connectivity index (χ4v) is 3.13. The Labute approximate surface area is 157 Å². The van der Waals surface area contributed by atoms with Crippen molar-refractivity contribution >= 4 is 22.8 Å². The molecule has 1 aliphatic rings. The molecule has 1 amide bonds. The predicted octanol–water partition coefficient (Wildman–Crippen LogP) is 1.61. The van der Waals surface area contributed by atoms with Gasteiger partial charge in [-0.25, -0.2) is 9.67 Å². The Morgan fingerprint density at radius 2 is 2.07 bits per heavy atom. The quantitative estimate of drug-likeness (QED) is 0.738. The number of fused-ring (bicyclic) bond motifs is 1. The Hall–Kier alpha value is -3.00. The first kappa shape index (κ1) is 17.4. The van der Waals surface area contributed by atoms with E-state index >= 15 is 0 Å². The summed E-state index contributed by atoms with van der Waals surface area (Å²) in [5.41, 5.74) is 3.18. The molecule has 140 valence electrons. The summed E-state index contributed by atoms with van der Waals surface area (Å²) in [5.74, 6) is 0.804. The van der Waals surface area contributed by atoms with Crippen LogP contribution in [0.25, 0.3) is 11.0 Å². The third-order valence-electron chi connectivity index (χ3n) is 4.67. The zero-order valence-corrected chi connectivity index (χ0v) is 15.3. The van der Waals surface area contributed by atoms with Crippen molar-refractivity contribution in [3.05, 3.63) is 47.7 Å². The summed E-state index contributed by atoms with van der Waals surface area (Å²) in [6.07, 6.45) is 1.81. The predicted molar refractivity (Wildman–Crippen MR) is 102 cm³/mol. The molecule has 0 unspecified atom stereocenters. The van der Waals surface area contributed by atoms with Gasteiger partial charge in [-0.15, -0.1) is 5.10 Å². The van der Waals surface area contributed by atoms with Gasteiger partial charge in [-0.3, -0.25) is 4.79 Å². The number of aryl methyl sites for hydroxylation is 1. The van der Waals surface area contributed by atoms with Crippen LogP contribution in [0.3, 0.4) is 0 Å². The number of aromatic nitrogens is 4. The number of anilines is 1. The standard InChI is InChI=1S/C19H22N6O2/c1-2-25-17-5-4-15(11-16(17)22-23-25)19(26)21-13-14-3-6-18(20-12-14)24-7-9-27-10-8-24/h3-6,11-12H,2,7-10,13H2,1H3,(H,21,26). The van der Waals surface area contributed by atoms with Gasteiger partial charge in [-0.1, -0.05) is 11.3 Å². The highest BCUT2D eigenvalue weighted by Gasteiger charge is 2.13. The minimum Gasteiger partial charge on any atom is -0.378 e. The zero-order chi connectivity index (χ0) is 18.6. The van der Waals surface area contributed by atoms with E-state index in [-0.39, 0.29) is 5.91 Å². The van der Waals surface area contributed by atoms with Crippen LogP contribution in [-0.2, 0) is 17.8 Å². The van der Waals surface area contributed by atoms with Gasteiger partial charge in [-0.2, -0.15) is 0 Å². The van der Waals surface area contributed by atoms with E-state index in [1.165, 1.54) is 0 Å². The number of benzene rings is 1. The fraction of sp³-hybridized carbons (Fsp3) is 0.368. The van der Waals surface area contributed by atoms with Gasteiger partial charge in [0.05, 0.1) is 18.7 Å². The number of nitrogens with zero attached hydrogens (tertiary/aromatic N) is 5. The summed E-state index contributed by atoms with van der Waals surface area (Å²) in [6.45, 7) is 6.35. The average molecular weight is 366 g/mol. The van der Waals surface area contributed by atoms with Gasteiger partial charge in [0.25, 0.3) is 5.91 Å². The number of hydrogen-bond donors (Lipinski definition) is 1. The SMILES string of the molecule is CCn1nnc2cc(C(=O)NCc3ccc(N4CCOCC4)nc3)ccc21. The van der Waals surface area contributed by atoms with Crippen LogP contribution >= 0.6 is 0 Å². The molecule has 1 saturated heterocycles. The first-order valence-corrected chi connectivity index (χ1v) is 9.13. The van der Waals surface area contributed by atoms with E-state index in [4.69, 9.17) is 4.74 Å². The van der Waals surface area contributed by atoms with E-state index in [0.29, 0.717) is 12.1 Å². The van der Waals surface area contributed by atoms with Crippen LogP contribution in [-0.4, -0.2) is 52.2 Å². The average Bonchev–Trinajstić information content (AvgIpc) is 3.15. The summed E-state index contributed by atoms with van der Waals surface area (Å²) in [7, 11) is 0. The van der Waals surface area contributed by atoms with Gasteiger partial charge >= 0.3 is 0 Å². The van der Waals surface area contributed by atoms with Crippen molar-refractivity contribution < 1.29 is 9.53 Å². The molecule has 1 N–H and O–H groups in total. The Morgan fingerprint density at radius 3 is 2.81 bits per heavy atom. The normalized spacial score (nSPS) is 14.5. The molecule has 8 heteroatoms. The monoisotopic (exact) mass is 366 g/mol. The van der Waals surface area contributed by atoms with Crippen molar-refractivity contribution in [2.75, 3.05) is 31.2 Å². The second-order valence-electron chi connectivity index (χ2n) is 6.42. The highest BCUT2D eigenvalue weighted by atomic mass is 16.5. The van der Waals surface area contributed by atoms with E-state index in [9.17, 15) is 4.79 Å². The summed E-state index contributed by atoms with van der Waals surface area (Å²) < 4.78 is 7.16. The molecule has 2 aromatic heterocycles. The van der Waals surface area contributed by atoms with E-state index in [2.05, 4.69) is 25.5 Å². The highest BCUT2D eigenvalue weighted by Crippen LogP contribution is 2.15. The maximum atomic E-state index is 12.4. The number of hydrogen-bond acceptors (Lipinski definition) is 6. The summed E-state index contributed by atoms with van der Waals surface area (Å²) >= 11 is 0. The van der Waals surface area contributed by atoms with Crippen molar-refractivity contribution in [2.45, 2.75) is 20.0 Å². The molecule has 1 aliphatic heterocycles. The largest absolute Gasteiger partial charge is 0.378 e. The highest BCUT2D eigenvalue weighted by molar-refractivity contribution is 5.97. The van der Waals surface area contributed by atoms with Crippen molar-refractivity contribution in [3.8, 4) is 0 Å². The first-order chi connectivity index (χ1) is 13.2. The molecule has 4 rings (SSSR count). The number of ether oxygens (including phenoxy) is 1.